The van der Waals surface area contributed by atoms with E-state index in [1.165, 1.54) is 6.07 Å². The van der Waals surface area contributed by atoms with Gasteiger partial charge in [0.1, 0.15) is 5.75 Å². The SMILES string of the molecule is CNc1ncc2cc(-c3cc(NC(=O)c4cc(C(F)(F)F)ccc4OCC4CC4)ccc3C)ccc2n1. The molecule has 1 fully saturated rings. The Morgan fingerprint density at radius 3 is 2.62 bits per heavy atom. The zero-order valence-corrected chi connectivity index (χ0v) is 20.3. The number of ether oxygens (including phenoxy) is 1. The molecule has 1 aliphatic carbocycles. The van der Waals surface area contributed by atoms with Gasteiger partial charge in [-0.15, -0.1) is 0 Å². The first-order valence-electron chi connectivity index (χ1n) is 11.9. The van der Waals surface area contributed by atoms with Crippen molar-refractivity contribution in [1.29, 1.82) is 0 Å². The smallest absolute Gasteiger partial charge is 0.416 e. The number of aryl methyl sites for hydroxylation is 1. The molecule has 0 spiro atoms. The Morgan fingerprint density at radius 2 is 1.89 bits per heavy atom. The van der Waals surface area contributed by atoms with Crippen LogP contribution in [0.3, 0.4) is 0 Å². The molecule has 5 rings (SSSR count). The molecule has 1 amide bonds. The van der Waals surface area contributed by atoms with Gasteiger partial charge in [-0.05, 0) is 84.8 Å². The highest BCUT2D eigenvalue weighted by Gasteiger charge is 2.32. The van der Waals surface area contributed by atoms with Crippen LogP contribution in [-0.2, 0) is 6.18 Å². The second kappa shape index (κ2) is 9.72. The van der Waals surface area contributed by atoms with E-state index in [1.54, 1.807) is 25.4 Å². The van der Waals surface area contributed by atoms with Crippen LogP contribution in [0.1, 0.15) is 34.3 Å². The van der Waals surface area contributed by atoms with Crippen LogP contribution in [0.5, 0.6) is 5.75 Å². The van der Waals surface area contributed by atoms with E-state index in [9.17, 15) is 18.0 Å². The molecule has 0 saturated heterocycles. The van der Waals surface area contributed by atoms with Crippen LogP contribution in [0, 0.1) is 12.8 Å². The molecular formula is C28H25F3N4O2. The van der Waals surface area contributed by atoms with Crippen molar-refractivity contribution in [2.75, 3.05) is 24.3 Å². The summed E-state index contributed by atoms with van der Waals surface area (Å²) in [6.07, 6.45) is -0.804. The highest BCUT2D eigenvalue weighted by molar-refractivity contribution is 6.06. The fourth-order valence-electron chi connectivity index (χ4n) is 4.03. The van der Waals surface area contributed by atoms with Crippen molar-refractivity contribution in [1.82, 2.24) is 9.97 Å². The Balaban J connectivity index is 1.44. The van der Waals surface area contributed by atoms with E-state index < -0.39 is 17.6 Å². The summed E-state index contributed by atoms with van der Waals surface area (Å²) in [6, 6.07) is 14.2. The number of hydrogen-bond acceptors (Lipinski definition) is 5. The van der Waals surface area contributed by atoms with E-state index in [2.05, 4.69) is 20.6 Å². The van der Waals surface area contributed by atoms with E-state index in [-0.39, 0.29) is 11.3 Å². The molecule has 0 unspecified atom stereocenters. The topological polar surface area (TPSA) is 76.1 Å². The molecule has 9 heteroatoms. The summed E-state index contributed by atoms with van der Waals surface area (Å²) < 4.78 is 45.8. The maximum absolute atomic E-state index is 13.4. The van der Waals surface area contributed by atoms with Crippen molar-refractivity contribution in [3.63, 3.8) is 0 Å². The lowest BCUT2D eigenvalue weighted by molar-refractivity contribution is -0.137. The molecule has 1 saturated carbocycles. The fourth-order valence-corrected chi connectivity index (χ4v) is 4.03. The molecule has 6 nitrogen and oxygen atoms in total. The lowest BCUT2D eigenvalue weighted by Gasteiger charge is -2.15. The minimum atomic E-state index is -4.57. The Kier molecular flexibility index (Phi) is 6.45. The Morgan fingerprint density at radius 1 is 1.08 bits per heavy atom. The molecule has 4 aromatic rings. The van der Waals surface area contributed by atoms with Gasteiger partial charge in [0, 0.05) is 24.3 Å². The third kappa shape index (κ3) is 5.50. The lowest BCUT2D eigenvalue weighted by Crippen LogP contribution is -2.16. The van der Waals surface area contributed by atoms with Gasteiger partial charge in [0.2, 0.25) is 5.95 Å². The molecule has 190 valence electrons. The first-order chi connectivity index (χ1) is 17.7. The normalized spacial score (nSPS) is 13.4. The Hall–Kier alpha value is -4.14. The highest BCUT2D eigenvalue weighted by Crippen LogP contribution is 2.35. The number of nitrogens with one attached hydrogen (secondary N) is 2. The standard InChI is InChI=1S/C28H25F3N4O2/c1-16-3-8-21(13-22(16)18-6-9-24-19(11-18)14-33-27(32-2)35-24)34-26(36)23-12-20(28(29,30)31)7-10-25(23)37-15-17-4-5-17/h3,6-14,17H,4-5,15H2,1-2H3,(H,34,36)(H,32,33,35). The number of halogens is 3. The van der Waals surface area contributed by atoms with Gasteiger partial charge < -0.3 is 15.4 Å². The Labute approximate surface area is 211 Å². The maximum Gasteiger partial charge on any atom is 0.416 e. The van der Waals surface area contributed by atoms with Crippen molar-refractivity contribution in [2.45, 2.75) is 25.9 Å². The van der Waals surface area contributed by atoms with Crippen LogP contribution in [0.2, 0.25) is 0 Å². The number of rotatable bonds is 7. The van der Waals surface area contributed by atoms with E-state index >= 15 is 0 Å². The van der Waals surface area contributed by atoms with Crippen molar-refractivity contribution in [3.05, 3.63) is 77.5 Å². The zero-order chi connectivity index (χ0) is 26.2. The molecule has 2 N–H and O–H groups in total. The predicted octanol–water partition coefficient (Wildman–Crippen LogP) is 6.71. The molecule has 37 heavy (non-hydrogen) atoms. The summed E-state index contributed by atoms with van der Waals surface area (Å²) >= 11 is 0. The number of aromatic nitrogens is 2. The first kappa shape index (κ1) is 24.5. The summed E-state index contributed by atoms with van der Waals surface area (Å²) in [7, 11) is 1.75. The van der Waals surface area contributed by atoms with E-state index in [1.807, 2.05) is 31.2 Å². The fraction of sp³-hybridized carbons (Fsp3) is 0.250. The van der Waals surface area contributed by atoms with Crippen molar-refractivity contribution in [3.8, 4) is 16.9 Å². The quantitative estimate of drug-likeness (QED) is 0.292. The summed E-state index contributed by atoms with van der Waals surface area (Å²) in [5, 5.41) is 6.52. The maximum atomic E-state index is 13.4. The highest BCUT2D eigenvalue weighted by atomic mass is 19.4. The number of benzene rings is 3. The molecule has 0 atom stereocenters. The number of alkyl halides is 3. The molecule has 1 aromatic heterocycles. The number of carbonyl (C=O) groups excluding carboxylic acids is 1. The average molecular weight is 507 g/mol. The molecule has 0 aliphatic heterocycles. The van der Waals surface area contributed by atoms with Gasteiger partial charge in [0.05, 0.1) is 23.3 Å². The van der Waals surface area contributed by atoms with Crippen LogP contribution in [-0.4, -0.2) is 29.5 Å². The van der Waals surface area contributed by atoms with Crippen LogP contribution in [0.15, 0.2) is 60.8 Å². The van der Waals surface area contributed by atoms with Crippen LogP contribution in [0.25, 0.3) is 22.0 Å². The average Bonchev–Trinajstić information content (AvgIpc) is 3.72. The van der Waals surface area contributed by atoms with E-state index in [0.717, 1.165) is 52.6 Å². The second-order valence-corrected chi connectivity index (χ2v) is 9.16. The summed E-state index contributed by atoms with van der Waals surface area (Å²) in [5.74, 6) is 0.379. The third-order valence-electron chi connectivity index (χ3n) is 6.33. The van der Waals surface area contributed by atoms with Crippen LogP contribution in [0.4, 0.5) is 24.8 Å². The first-order valence-corrected chi connectivity index (χ1v) is 11.9. The predicted molar refractivity (Wildman–Crippen MR) is 137 cm³/mol. The largest absolute Gasteiger partial charge is 0.492 e. The number of anilines is 2. The molecule has 0 radical (unpaired) electrons. The van der Waals surface area contributed by atoms with Gasteiger partial charge in [-0.3, -0.25) is 4.79 Å². The summed E-state index contributed by atoms with van der Waals surface area (Å²) in [6.45, 7) is 2.32. The van der Waals surface area contributed by atoms with Crippen LogP contribution < -0.4 is 15.4 Å². The minimum Gasteiger partial charge on any atom is -0.492 e. The molecular weight excluding hydrogens is 481 g/mol. The van der Waals surface area contributed by atoms with Gasteiger partial charge >= 0.3 is 6.18 Å². The van der Waals surface area contributed by atoms with Gasteiger partial charge in [0.25, 0.3) is 5.91 Å². The number of fused-ring (bicyclic) bond motifs is 1. The van der Waals surface area contributed by atoms with Gasteiger partial charge in [-0.1, -0.05) is 12.1 Å². The minimum absolute atomic E-state index is 0.139. The second-order valence-electron chi connectivity index (χ2n) is 9.16. The monoisotopic (exact) mass is 506 g/mol. The number of carbonyl (C=O) groups is 1. The van der Waals surface area contributed by atoms with Crippen LogP contribution >= 0.6 is 0 Å². The lowest BCUT2D eigenvalue weighted by atomic mass is 9.98. The molecule has 1 heterocycles. The molecule has 3 aromatic carbocycles. The molecule has 0 bridgehead atoms. The molecule has 1 aliphatic rings. The van der Waals surface area contributed by atoms with Gasteiger partial charge in [0.15, 0.2) is 0 Å². The van der Waals surface area contributed by atoms with E-state index in [0.29, 0.717) is 24.2 Å². The zero-order valence-electron chi connectivity index (χ0n) is 20.3. The number of nitrogens with zero attached hydrogens (tertiary/aromatic N) is 2. The Bertz CT molecular complexity index is 1480. The van der Waals surface area contributed by atoms with Gasteiger partial charge in [-0.2, -0.15) is 13.2 Å². The van der Waals surface area contributed by atoms with E-state index in [4.69, 9.17) is 4.74 Å². The van der Waals surface area contributed by atoms with Crippen molar-refractivity contribution in [2.24, 2.45) is 5.92 Å². The number of hydrogen-bond donors (Lipinski definition) is 2. The van der Waals surface area contributed by atoms with Crippen molar-refractivity contribution < 1.29 is 22.7 Å². The summed E-state index contributed by atoms with van der Waals surface area (Å²) in [5.41, 5.74) is 2.92. The third-order valence-corrected chi connectivity index (χ3v) is 6.33. The van der Waals surface area contributed by atoms with Crippen molar-refractivity contribution >= 4 is 28.4 Å². The van der Waals surface area contributed by atoms with Gasteiger partial charge in [-0.25, -0.2) is 9.97 Å². The number of amides is 1. The summed E-state index contributed by atoms with van der Waals surface area (Å²) in [4.78, 5) is 21.9.